The fraction of sp³-hybridized carbons (Fsp3) is 0.0714. The largest absolute Gasteiger partial charge is 0.399 e. The van der Waals surface area contributed by atoms with Crippen molar-refractivity contribution in [2.45, 2.75) is 6.92 Å². The predicted molar refractivity (Wildman–Crippen MR) is 73.0 cm³/mol. The summed E-state index contributed by atoms with van der Waals surface area (Å²) in [5.41, 5.74) is 10.5. The molecule has 0 aliphatic carbocycles. The molecule has 0 saturated heterocycles. The van der Waals surface area contributed by atoms with Crippen LogP contribution in [0.4, 0.5) is 20.2 Å². The lowest BCUT2D eigenvalue weighted by atomic mass is 10.1. The summed E-state index contributed by atoms with van der Waals surface area (Å²) in [6, 6.07) is 10.4. The first-order valence-corrected chi connectivity index (χ1v) is 5.67. The minimum absolute atomic E-state index is 0.121. The van der Waals surface area contributed by atoms with E-state index in [9.17, 15) is 8.78 Å². The van der Waals surface area contributed by atoms with Gasteiger partial charge in [-0.3, -0.25) is 5.43 Å². The lowest BCUT2D eigenvalue weighted by Gasteiger charge is -2.05. The van der Waals surface area contributed by atoms with Gasteiger partial charge in [0.25, 0.3) is 0 Å². The molecule has 0 aromatic heterocycles. The second-order valence-corrected chi connectivity index (χ2v) is 4.06. The number of hydrogen-bond donors (Lipinski definition) is 2. The van der Waals surface area contributed by atoms with Gasteiger partial charge in [0.1, 0.15) is 5.82 Å². The summed E-state index contributed by atoms with van der Waals surface area (Å²) in [6.07, 6.45) is 0. The molecule has 2 aromatic rings. The first-order valence-electron chi connectivity index (χ1n) is 5.67. The van der Waals surface area contributed by atoms with Gasteiger partial charge in [-0.05, 0) is 36.8 Å². The summed E-state index contributed by atoms with van der Waals surface area (Å²) in [5.74, 6) is -1.31. The molecule has 0 atom stereocenters. The van der Waals surface area contributed by atoms with E-state index in [1.54, 1.807) is 19.1 Å². The van der Waals surface area contributed by atoms with E-state index in [0.29, 0.717) is 11.4 Å². The summed E-state index contributed by atoms with van der Waals surface area (Å²) < 4.78 is 26.1. The van der Waals surface area contributed by atoms with Crippen molar-refractivity contribution in [1.82, 2.24) is 0 Å². The van der Waals surface area contributed by atoms with Crippen molar-refractivity contribution in [3.63, 3.8) is 0 Å². The zero-order chi connectivity index (χ0) is 13.8. The highest BCUT2D eigenvalue weighted by Crippen LogP contribution is 2.15. The zero-order valence-electron chi connectivity index (χ0n) is 10.3. The number of nitrogen functional groups attached to an aromatic ring is 1. The monoisotopic (exact) mass is 261 g/mol. The molecule has 0 unspecified atom stereocenters. The Bertz CT molecular complexity index is 607. The van der Waals surface area contributed by atoms with E-state index in [-0.39, 0.29) is 5.69 Å². The number of nitrogens with zero attached hydrogens (tertiary/aromatic N) is 1. The van der Waals surface area contributed by atoms with Crippen molar-refractivity contribution in [2.24, 2.45) is 5.10 Å². The quantitative estimate of drug-likeness (QED) is 0.505. The van der Waals surface area contributed by atoms with Crippen LogP contribution in [0.5, 0.6) is 0 Å². The zero-order valence-corrected chi connectivity index (χ0v) is 10.3. The number of anilines is 2. The molecule has 0 amide bonds. The molecule has 0 aliphatic rings. The molecular weight excluding hydrogens is 248 g/mol. The molecule has 3 N–H and O–H groups in total. The summed E-state index contributed by atoms with van der Waals surface area (Å²) in [4.78, 5) is 0. The van der Waals surface area contributed by atoms with E-state index >= 15 is 0 Å². The predicted octanol–water partition coefficient (Wildman–Crippen LogP) is 3.38. The van der Waals surface area contributed by atoms with Gasteiger partial charge in [0.05, 0.1) is 11.4 Å². The Morgan fingerprint density at radius 2 is 1.79 bits per heavy atom. The van der Waals surface area contributed by atoms with Crippen molar-refractivity contribution in [2.75, 3.05) is 11.2 Å². The summed E-state index contributed by atoms with van der Waals surface area (Å²) in [5, 5.41) is 4.05. The molecule has 3 nitrogen and oxygen atoms in total. The number of rotatable bonds is 3. The number of benzene rings is 2. The first-order chi connectivity index (χ1) is 9.06. The van der Waals surface area contributed by atoms with Crippen LogP contribution >= 0.6 is 0 Å². The Balaban J connectivity index is 2.15. The van der Waals surface area contributed by atoms with Crippen molar-refractivity contribution in [3.8, 4) is 0 Å². The van der Waals surface area contributed by atoms with Crippen LogP contribution in [-0.2, 0) is 0 Å². The molecule has 0 spiro atoms. The van der Waals surface area contributed by atoms with E-state index < -0.39 is 11.6 Å². The van der Waals surface area contributed by atoms with Crippen LogP contribution in [0.1, 0.15) is 12.5 Å². The average molecular weight is 261 g/mol. The molecule has 0 bridgehead atoms. The Hall–Kier alpha value is -2.43. The highest BCUT2D eigenvalue weighted by molar-refractivity contribution is 5.99. The average Bonchev–Trinajstić information content (AvgIpc) is 2.38. The lowest BCUT2D eigenvalue weighted by Crippen LogP contribution is -2.01. The third-order valence-electron chi connectivity index (χ3n) is 2.60. The van der Waals surface area contributed by atoms with Crippen LogP contribution in [0.3, 0.4) is 0 Å². The van der Waals surface area contributed by atoms with E-state index in [4.69, 9.17) is 5.73 Å². The molecule has 0 aliphatic heterocycles. The van der Waals surface area contributed by atoms with E-state index in [1.165, 1.54) is 12.1 Å². The number of hydrogen-bond acceptors (Lipinski definition) is 3. The molecule has 5 heteroatoms. The topological polar surface area (TPSA) is 50.4 Å². The van der Waals surface area contributed by atoms with Crippen LogP contribution in [0, 0.1) is 11.6 Å². The number of nitrogens with one attached hydrogen (secondary N) is 1. The summed E-state index contributed by atoms with van der Waals surface area (Å²) in [6.45, 7) is 1.78. The smallest absolute Gasteiger partial charge is 0.151 e. The summed E-state index contributed by atoms with van der Waals surface area (Å²) in [7, 11) is 0. The minimum atomic E-state index is -0.686. The number of hydrazone groups is 1. The van der Waals surface area contributed by atoms with Gasteiger partial charge in [-0.2, -0.15) is 5.10 Å². The minimum Gasteiger partial charge on any atom is -0.399 e. The normalized spacial score (nSPS) is 11.4. The first kappa shape index (κ1) is 13.0. The third kappa shape index (κ3) is 3.28. The van der Waals surface area contributed by atoms with Crippen molar-refractivity contribution < 1.29 is 8.78 Å². The third-order valence-corrected chi connectivity index (χ3v) is 2.60. The molecule has 19 heavy (non-hydrogen) atoms. The molecular formula is C14H13F2N3. The van der Waals surface area contributed by atoms with Gasteiger partial charge in [0.15, 0.2) is 5.82 Å². The standard InChI is InChI=1S/C14H13F2N3/c1-9(10-2-5-12(17)6-3-10)18-19-14-7-4-11(15)8-13(14)16/h2-8,19H,17H2,1H3/b18-9-. The van der Waals surface area contributed by atoms with Gasteiger partial charge in [0, 0.05) is 11.8 Å². The van der Waals surface area contributed by atoms with Gasteiger partial charge >= 0.3 is 0 Å². The van der Waals surface area contributed by atoms with Gasteiger partial charge in [-0.15, -0.1) is 0 Å². The Labute approximate surface area is 109 Å². The molecule has 0 radical (unpaired) electrons. The number of halogens is 2. The maximum Gasteiger partial charge on any atom is 0.151 e. The molecule has 0 heterocycles. The van der Waals surface area contributed by atoms with Crippen LogP contribution in [0.25, 0.3) is 0 Å². The Kier molecular flexibility index (Phi) is 3.75. The van der Waals surface area contributed by atoms with Crippen LogP contribution in [-0.4, -0.2) is 5.71 Å². The van der Waals surface area contributed by atoms with E-state index in [2.05, 4.69) is 10.5 Å². The van der Waals surface area contributed by atoms with E-state index in [1.807, 2.05) is 12.1 Å². The fourth-order valence-electron chi connectivity index (χ4n) is 1.51. The second kappa shape index (κ2) is 5.48. The molecule has 0 saturated carbocycles. The van der Waals surface area contributed by atoms with Crippen LogP contribution in [0.15, 0.2) is 47.6 Å². The Morgan fingerprint density at radius 3 is 2.42 bits per heavy atom. The highest BCUT2D eigenvalue weighted by atomic mass is 19.1. The second-order valence-electron chi connectivity index (χ2n) is 4.06. The van der Waals surface area contributed by atoms with E-state index in [0.717, 1.165) is 11.6 Å². The van der Waals surface area contributed by atoms with Gasteiger partial charge in [-0.25, -0.2) is 8.78 Å². The fourth-order valence-corrected chi connectivity index (χ4v) is 1.51. The number of nitrogens with two attached hydrogens (primary N) is 1. The molecule has 98 valence electrons. The van der Waals surface area contributed by atoms with Gasteiger partial charge in [0.2, 0.25) is 0 Å². The van der Waals surface area contributed by atoms with Crippen LogP contribution in [0.2, 0.25) is 0 Å². The Morgan fingerprint density at radius 1 is 1.11 bits per heavy atom. The maximum atomic E-state index is 13.4. The SMILES string of the molecule is C/C(=N/Nc1ccc(F)cc1F)c1ccc(N)cc1. The van der Waals surface area contributed by atoms with Gasteiger partial charge in [-0.1, -0.05) is 12.1 Å². The molecule has 2 aromatic carbocycles. The maximum absolute atomic E-state index is 13.4. The molecule has 2 rings (SSSR count). The van der Waals surface area contributed by atoms with Crippen molar-refractivity contribution >= 4 is 17.1 Å². The van der Waals surface area contributed by atoms with Gasteiger partial charge < -0.3 is 5.73 Å². The van der Waals surface area contributed by atoms with Crippen molar-refractivity contribution in [1.29, 1.82) is 0 Å². The lowest BCUT2D eigenvalue weighted by molar-refractivity contribution is 0.585. The highest BCUT2D eigenvalue weighted by Gasteiger charge is 2.03. The van der Waals surface area contributed by atoms with Crippen LogP contribution < -0.4 is 11.2 Å². The summed E-state index contributed by atoms with van der Waals surface area (Å²) >= 11 is 0. The molecule has 0 fully saturated rings. The van der Waals surface area contributed by atoms with Crippen molar-refractivity contribution in [3.05, 3.63) is 59.7 Å².